The lowest BCUT2D eigenvalue weighted by molar-refractivity contribution is 0.373. The summed E-state index contributed by atoms with van der Waals surface area (Å²) in [5.74, 6) is 0.841. The highest BCUT2D eigenvalue weighted by atomic mass is 16.2. The Labute approximate surface area is 123 Å². The lowest BCUT2D eigenvalue weighted by atomic mass is 9.90. The van der Waals surface area contributed by atoms with Crippen molar-refractivity contribution in [2.75, 3.05) is 11.4 Å². The third kappa shape index (κ3) is 2.78. The van der Waals surface area contributed by atoms with E-state index in [4.69, 9.17) is 5.73 Å². The van der Waals surface area contributed by atoms with Gasteiger partial charge in [0.1, 0.15) is 5.82 Å². The smallest absolute Gasteiger partial charge is 0.352 e. The van der Waals surface area contributed by atoms with Crippen molar-refractivity contribution in [3.05, 3.63) is 22.6 Å². The molecule has 0 atom stereocenters. The molecule has 0 spiro atoms. The summed E-state index contributed by atoms with van der Waals surface area (Å²) < 4.78 is 1.33. The van der Waals surface area contributed by atoms with Crippen LogP contribution in [0.2, 0.25) is 0 Å². The molecule has 1 aliphatic rings. The van der Waals surface area contributed by atoms with Crippen molar-refractivity contribution in [1.29, 1.82) is 0 Å². The van der Waals surface area contributed by atoms with Gasteiger partial charge in [0.05, 0.1) is 0 Å². The molecule has 0 amide bonds. The topological polar surface area (TPSA) is 92.3 Å². The Bertz CT molecular complexity index is 655. The van der Waals surface area contributed by atoms with Crippen LogP contribution in [-0.4, -0.2) is 38.4 Å². The first kappa shape index (κ1) is 14.1. The third-order valence-electron chi connectivity index (χ3n) is 4.20. The van der Waals surface area contributed by atoms with Gasteiger partial charge in [-0.1, -0.05) is 6.92 Å². The van der Waals surface area contributed by atoms with Gasteiger partial charge >= 0.3 is 5.69 Å². The van der Waals surface area contributed by atoms with Gasteiger partial charge < -0.3 is 10.6 Å². The van der Waals surface area contributed by atoms with Crippen LogP contribution >= 0.6 is 0 Å². The highest BCUT2D eigenvalue weighted by Crippen LogP contribution is 2.26. The maximum Gasteiger partial charge on any atom is 0.364 e. The van der Waals surface area contributed by atoms with Crippen molar-refractivity contribution >= 4 is 11.5 Å². The molecule has 0 unspecified atom stereocenters. The Balaban J connectivity index is 1.91. The van der Waals surface area contributed by atoms with Gasteiger partial charge in [-0.2, -0.15) is 9.61 Å². The Morgan fingerprint density at radius 2 is 2.14 bits per heavy atom. The van der Waals surface area contributed by atoms with Crippen molar-refractivity contribution in [2.45, 2.75) is 51.1 Å². The predicted molar refractivity (Wildman–Crippen MR) is 81.5 cm³/mol. The average molecular weight is 290 g/mol. The fraction of sp³-hybridized carbons (Fsp3) is 0.643. The Morgan fingerprint density at radius 3 is 2.86 bits per heavy atom. The fourth-order valence-electron chi connectivity index (χ4n) is 3.08. The maximum absolute atomic E-state index is 11.7. The van der Waals surface area contributed by atoms with E-state index in [1.165, 1.54) is 4.52 Å². The normalized spacial score (nSPS) is 22.6. The van der Waals surface area contributed by atoms with Crippen molar-refractivity contribution < 1.29 is 0 Å². The van der Waals surface area contributed by atoms with Crippen molar-refractivity contribution in [1.82, 2.24) is 19.8 Å². The lowest BCUT2D eigenvalue weighted by Gasteiger charge is -2.36. The largest absolute Gasteiger partial charge is 0.364 e. The molecule has 2 aromatic rings. The summed E-state index contributed by atoms with van der Waals surface area (Å²) >= 11 is 0. The minimum Gasteiger partial charge on any atom is -0.352 e. The number of hydrogen-bond donors (Lipinski definition) is 2. The van der Waals surface area contributed by atoms with E-state index >= 15 is 0 Å². The number of fused-ring (bicyclic) bond motifs is 1. The minimum atomic E-state index is -0.297. The van der Waals surface area contributed by atoms with E-state index < -0.39 is 0 Å². The molecular weight excluding hydrogens is 268 g/mol. The van der Waals surface area contributed by atoms with Crippen LogP contribution < -0.4 is 16.3 Å². The molecular formula is C14H22N6O. The molecule has 2 heterocycles. The molecule has 1 fully saturated rings. The van der Waals surface area contributed by atoms with Crippen LogP contribution in [0.15, 0.2) is 16.9 Å². The van der Waals surface area contributed by atoms with Crippen LogP contribution in [0.5, 0.6) is 0 Å². The average Bonchev–Trinajstić information content (AvgIpc) is 2.87. The Kier molecular flexibility index (Phi) is 3.92. The summed E-state index contributed by atoms with van der Waals surface area (Å²) in [6.45, 7) is 3.09. The summed E-state index contributed by atoms with van der Waals surface area (Å²) in [6, 6.07) is 4.56. The van der Waals surface area contributed by atoms with Crippen LogP contribution in [0.25, 0.3) is 5.65 Å². The van der Waals surface area contributed by atoms with Gasteiger partial charge in [0.2, 0.25) is 0 Å². The highest BCUT2D eigenvalue weighted by molar-refractivity contribution is 5.45. The van der Waals surface area contributed by atoms with Gasteiger partial charge in [-0.15, -0.1) is 5.10 Å². The number of nitrogens with zero attached hydrogens (tertiary/aromatic N) is 4. The molecule has 0 aliphatic heterocycles. The van der Waals surface area contributed by atoms with Crippen LogP contribution in [0.3, 0.4) is 0 Å². The van der Waals surface area contributed by atoms with E-state index in [9.17, 15) is 4.79 Å². The second kappa shape index (κ2) is 5.85. The maximum atomic E-state index is 11.7. The highest BCUT2D eigenvalue weighted by Gasteiger charge is 2.25. The second-order valence-corrected chi connectivity index (χ2v) is 5.75. The summed E-state index contributed by atoms with van der Waals surface area (Å²) in [5.41, 5.74) is 6.25. The number of nitrogens with one attached hydrogen (secondary N) is 1. The zero-order valence-electron chi connectivity index (χ0n) is 12.3. The van der Waals surface area contributed by atoms with Crippen molar-refractivity contribution in [2.24, 2.45) is 5.73 Å². The number of aromatic amines is 1. The van der Waals surface area contributed by atoms with E-state index in [-0.39, 0.29) is 5.69 Å². The van der Waals surface area contributed by atoms with Crippen molar-refractivity contribution in [3.63, 3.8) is 0 Å². The number of anilines is 1. The molecule has 3 N–H and O–H groups in total. The summed E-state index contributed by atoms with van der Waals surface area (Å²) in [5, 5.41) is 10.8. The number of nitrogens with two attached hydrogens (primary N) is 1. The summed E-state index contributed by atoms with van der Waals surface area (Å²) in [7, 11) is 0. The van der Waals surface area contributed by atoms with E-state index in [1.54, 1.807) is 0 Å². The molecule has 1 saturated carbocycles. The molecule has 0 saturated heterocycles. The van der Waals surface area contributed by atoms with E-state index in [0.717, 1.165) is 44.5 Å². The first-order valence-electron chi connectivity index (χ1n) is 7.65. The lowest BCUT2D eigenvalue weighted by Crippen LogP contribution is -2.42. The van der Waals surface area contributed by atoms with Gasteiger partial charge in [-0.25, -0.2) is 9.89 Å². The number of rotatable bonds is 4. The number of hydrogen-bond acceptors (Lipinski definition) is 5. The number of H-pyrrole nitrogens is 1. The minimum absolute atomic E-state index is 0.297. The first-order valence-corrected chi connectivity index (χ1v) is 7.65. The fourth-order valence-corrected chi connectivity index (χ4v) is 3.08. The van der Waals surface area contributed by atoms with Crippen molar-refractivity contribution in [3.8, 4) is 0 Å². The van der Waals surface area contributed by atoms with Crippen LogP contribution in [0.4, 0.5) is 5.82 Å². The van der Waals surface area contributed by atoms with E-state index in [1.807, 2.05) is 12.1 Å². The molecule has 7 nitrogen and oxygen atoms in total. The van der Waals surface area contributed by atoms with Crippen LogP contribution in [0.1, 0.15) is 39.0 Å². The van der Waals surface area contributed by atoms with Gasteiger partial charge in [0.15, 0.2) is 5.65 Å². The van der Waals surface area contributed by atoms with Crippen LogP contribution in [0, 0.1) is 0 Å². The van der Waals surface area contributed by atoms with Gasteiger partial charge in [-0.05, 0) is 44.2 Å². The zero-order chi connectivity index (χ0) is 14.8. The predicted octanol–water partition coefficient (Wildman–Crippen LogP) is 0.904. The molecule has 7 heteroatoms. The molecule has 0 bridgehead atoms. The Morgan fingerprint density at radius 1 is 1.38 bits per heavy atom. The third-order valence-corrected chi connectivity index (χ3v) is 4.20. The molecule has 1 aliphatic carbocycles. The zero-order valence-corrected chi connectivity index (χ0v) is 12.3. The molecule has 0 radical (unpaired) electrons. The van der Waals surface area contributed by atoms with Gasteiger partial charge in [-0.3, -0.25) is 0 Å². The van der Waals surface area contributed by atoms with Gasteiger partial charge in [0, 0.05) is 18.6 Å². The molecule has 3 rings (SSSR count). The quantitative estimate of drug-likeness (QED) is 0.873. The molecule has 21 heavy (non-hydrogen) atoms. The standard InChI is InChI=1S/C14H22N6O/c1-2-9-19(11-5-3-10(15)4-6-11)13-8-7-12-16-17-14(21)20(12)18-13/h7-8,10-11H,2-6,9,15H2,1H3,(H,17,21). The molecule has 2 aromatic heterocycles. The molecule has 0 aromatic carbocycles. The Hall–Kier alpha value is -1.89. The monoisotopic (exact) mass is 290 g/mol. The second-order valence-electron chi connectivity index (χ2n) is 5.75. The summed E-state index contributed by atoms with van der Waals surface area (Å²) in [4.78, 5) is 14.0. The van der Waals surface area contributed by atoms with Crippen LogP contribution in [-0.2, 0) is 0 Å². The van der Waals surface area contributed by atoms with Gasteiger partial charge in [0.25, 0.3) is 0 Å². The number of aromatic nitrogens is 4. The first-order chi connectivity index (χ1) is 10.2. The van der Waals surface area contributed by atoms with E-state index in [2.05, 4.69) is 27.1 Å². The molecule has 114 valence electrons. The van der Waals surface area contributed by atoms with E-state index in [0.29, 0.717) is 17.7 Å². The SMILES string of the molecule is CCCN(c1ccc2n[nH]c(=O)n2n1)C1CCC(N)CC1. The summed E-state index contributed by atoms with van der Waals surface area (Å²) in [6.07, 6.45) is 5.32.